The van der Waals surface area contributed by atoms with E-state index in [1.807, 2.05) is 75.1 Å². The second kappa shape index (κ2) is 24.0. The average Bonchev–Trinajstić information content (AvgIpc) is 3.39. The molecule has 0 N–H and O–H groups in total. The van der Waals surface area contributed by atoms with Gasteiger partial charge in [0, 0.05) is 63.9 Å². The fourth-order valence-corrected chi connectivity index (χ4v) is 8.64. The maximum atomic E-state index is 11.8. The molecule has 0 aliphatic carbocycles. The summed E-state index contributed by atoms with van der Waals surface area (Å²) in [6.45, 7) is 8.66. The van der Waals surface area contributed by atoms with E-state index < -0.39 is 52.7 Å². The molecule has 0 aromatic heterocycles. The van der Waals surface area contributed by atoms with E-state index in [2.05, 4.69) is 13.9 Å². The van der Waals surface area contributed by atoms with Gasteiger partial charge in [-0.2, -0.15) is 8.91 Å². The Hall–Kier alpha value is 1.74. The van der Waals surface area contributed by atoms with E-state index in [0.717, 1.165) is 34.7 Å². The van der Waals surface area contributed by atoms with Crippen LogP contribution in [-0.4, -0.2) is 73.8 Å². The molecule has 4 rings (SSSR count). The van der Waals surface area contributed by atoms with Crippen molar-refractivity contribution in [2.24, 2.45) is 0 Å². The zero-order chi connectivity index (χ0) is 39.2. The summed E-state index contributed by atoms with van der Waals surface area (Å²) < 4.78 is 109. The zero-order valence-corrected chi connectivity index (χ0v) is 45.2. The Morgan fingerprint density at radius 2 is 1.36 bits per heavy atom. The number of hydrogen-bond acceptors (Lipinski definition) is 14. The van der Waals surface area contributed by atoms with Gasteiger partial charge < -0.3 is 23.8 Å². The van der Waals surface area contributed by atoms with Crippen molar-refractivity contribution in [2.75, 3.05) is 29.5 Å². The average molecular weight is 927 g/mol. The van der Waals surface area contributed by atoms with Crippen molar-refractivity contribution in [3.63, 3.8) is 0 Å². The number of anilines is 1. The van der Waals surface area contributed by atoms with E-state index in [9.17, 15) is 44.2 Å². The first-order valence-corrected chi connectivity index (χ1v) is 21.9. The molecule has 2 heterocycles. The molecule has 2 aliphatic heterocycles. The molecule has 290 valence electrons. The van der Waals surface area contributed by atoms with Crippen molar-refractivity contribution >= 4 is 59.5 Å². The SMILES string of the molecule is CC1(C)C(/C=C/C=C/C=C/C=C2/N(CCCCS(=O)(=O)[O-])c3ccc(S(=O)(=O)[O-])cc3C2(C)C)=[N+](CCCCS(=O)(=O)[O-])c2ccc(SOO[O-])cc21.[K+].[K+].[K+]. The van der Waals surface area contributed by atoms with Gasteiger partial charge in [0.1, 0.15) is 16.7 Å². The molecule has 0 saturated carbocycles. The maximum Gasteiger partial charge on any atom is 1.00 e. The van der Waals surface area contributed by atoms with Crippen molar-refractivity contribution in [3.8, 4) is 0 Å². The molecule has 0 saturated heterocycles. The largest absolute Gasteiger partial charge is 1.00 e. The van der Waals surface area contributed by atoms with Crippen LogP contribution in [0.15, 0.2) is 94.4 Å². The van der Waals surface area contributed by atoms with Crippen LogP contribution in [0.1, 0.15) is 64.5 Å². The molecular weight excluding hydrogens is 886 g/mol. The van der Waals surface area contributed by atoms with Crippen LogP contribution in [0.2, 0.25) is 0 Å². The molecule has 0 bridgehead atoms. The van der Waals surface area contributed by atoms with E-state index in [1.54, 1.807) is 24.3 Å². The van der Waals surface area contributed by atoms with E-state index in [4.69, 9.17) is 0 Å². The van der Waals surface area contributed by atoms with Crippen LogP contribution in [0.4, 0.5) is 11.4 Å². The van der Waals surface area contributed by atoms with Crippen LogP contribution >= 0.6 is 12.0 Å². The number of nitrogens with zero attached hydrogens (tertiary/aromatic N) is 2. The number of hydrogen-bond donors (Lipinski definition) is 0. The Morgan fingerprint density at radius 1 is 0.750 bits per heavy atom. The number of allylic oxidation sites excluding steroid dienone is 8. The van der Waals surface area contributed by atoms with Crippen LogP contribution in [0.25, 0.3) is 0 Å². The quantitative estimate of drug-likeness (QED) is 0.0201. The van der Waals surface area contributed by atoms with Crippen molar-refractivity contribution in [1.82, 2.24) is 0 Å². The predicted octanol–water partition coefficient (Wildman–Crippen LogP) is -4.79. The second-order valence-corrected chi connectivity index (χ2v) is 18.8. The van der Waals surface area contributed by atoms with E-state index in [-0.39, 0.29) is 172 Å². The minimum absolute atomic E-state index is 0. The molecule has 0 unspecified atom stereocenters. The summed E-state index contributed by atoms with van der Waals surface area (Å²) in [6, 6.07) is 9.71. The van der Waals surface area contributed by atoms with Crippen LogP contribution < -0.4 is 164 Å². The van der Waals surface area contributed by atoms with Gasteiger partial charge in [0.2, 0.25) is 5.69 Å². The molecule has 56 heavy (non-hydrogen) atoms. The van der Waals surface area contributed by atoms with Gasteiger partial charge >= 0.3 is 154 Å². The first-order valence-electron chi connectivity index (χ1n) is 16.6. The third-order valence-electron chi connectivity index (χ3n) is 9.18. The summed E-state index contributed by atoms with van der Waals surface area (Å²) in [5, 5.41) is 13.9. The first kappa shape index (κ1) is 55.8. The van der Waals surface area contributed by atoms with Gasteiger partial charge in [0.05, 0.1) is 42.6 Å². The first-order chi connectivity index (χ1) is 24.7. The van der Waals surface area contributed by atoms with Gasteiger partial charge in [-0.25, -0.2) is 25.3 Å². The van der Waals surface area contributed by atoms with Crippen LogP contribution in [0.5, 0.6) is 0 Å². The molecule has 0 spiro atoms. The van der Waals surface area contributed by atoms with E-state index >= 15 is 0 Å². The molecule has 21 heteroatoms. The number of benzene rings is 2. The Morgan fingerprint density at radius 3 is 1.96 bits per heavy atom. The van der Waals surface area contributed by atoms with Crippen molar-refractivity contribution in [2.45, 2.75) is 74.0 Å². The third-order valence-corrected chi connectivity index (χ3v) is 12.2. The van der Waals surface area contributed by atoms with Gasteiger partial charge in [-0.15, -0.1) is 0 Å². The molecule has 0 radical (unpaired) electrons. The van der Waals surface area contributed by atoms with E-state index in [1.165, 1.54) is 12.1 Å². The normalized spacial score (nSPS) is 17.0. The molecule has 2 aromatic rings. The molecule has 2 aromatic carbocycles. The fraction of sp³-hybridized carbons (Fsp3) is 0.400. The Kier molecular flexibility index (Phi) is 23.9. The molecule has 0 atom stereocenters. The third kappa shape index (κ3) is 15.5. The summed E-state index contributed by atoms with van der Waals surface area (Å²) in [5.74, 6) is -0.952. The minimum atomic E-state index is -4.70. The van der Waals surface area contributed by atoms with Gasteiger partial charge in [-0.1, -0.05) is 44.2 Å². The summed E-state index contributed by atoms with van der Waals surface area (Å²) in [4.78, 5) is 2.23. The number of unbranched alkanes of at least 4 members (excludes halogenated alkanes) is 2. The Balaban J connectivity index is 0.00000523. The fourth-order valence-electron chi connectivity index (χ4n) is 6.63. The summed E-state index contributed by atoms with van der Waals surface area (Å²) in [6.07, 6.45) is 14.1. The van der Waals surface area contributed by atoms with E-state index in [0.29, 0.717) is 42.1 Å². The van der Waals surface area contributed by atoms with Crippen LogP contribution in [0.3, 0.4) is 0 Å². The molecule has 14 nitrogen and oxygen atoms in total. The van der Waals surface area contributed by atoms with Gasteiger partial charge in [0.25, 0.3) is 0 Å². The Labute approximate surface area is 462 Å². The number of fused-ring (bicyclic) bond motifs is 2. The van der Waals surface area contributed by atoms with Crippen LogP contribution in [-0.2, 0) is 50.6 Å². The zero-order valence-electron chi connectivity index (χ0n) is 32.6. The van der Waals surface area contributed by atoms with Gasteiger partial charge in [0.15, 0.2) is 5.71 Å². The molecule has 2 aliphatic rings. The minimum Gasteiger partial charge on any atom is -0.748 e. The van der Waals surface area contributed by atoms with Crippen LogP contribution in [0, 0.1) is 0 Å². The summed E-state index contributed by atoms with van der Waals surface area (Å²) in [5.41, 5.74) is 3.61. The standard InChI is InChI=1S/C35H44N2O12S4.3K/c1-34(2)28-24-26(50-49-48-38)16-18-30(28)36(20-10-12-22-51(39,40)41)32(34)14-8-6-5-7-9-15-33-35(3,4)29-25-27(53(45,46)47)17-19-31(29)37(33)21-11-13-23-52(42,43)44;;;/h5-9,14-19,24-25H,10-13,20-23H2,1-4H3,(H3-,38,39,40,41,42,43,44,45,46,47);;;/q;3*+1/p-3. The topological polar surface area (TPSA) is 219 Å². The second-order valence-electron chi connectivity index (χ2n) is 13.6. The summed E-state index contributed by atoms with van der Waals surface area (Å²) in [7, 11) is -13.4. The molecule has 0 amide bonds. The van der Waals surface area contributed by atoms with Crippen molar-refractivity contribution < 1.29 is 212 Å². The molecule has 0 fully saturated rings. The summed E-state index contributed by atoms with van der Waals surface area (Å²) >= 11 is 0.777. The monoisotopic (exact) mass is 926 g/mol. The van der Waals surface area contributed by atoms with Crippen molar-refractivity contribution in [1.29, 1.82) is 0 Å². The number of rotatable bonds is 18. The maximum absolute atomic E-state index is 11.8. The van der Waals surface area contributed by atoms with Gasteiger partial charge in [-0.05, 0) is 75.1 Å². The Bertz CT molecular complexity index is 2190. The van der Waals surface area contributed by atoms with Crippen molar-refractivity contribution in [3.05, 3.63) is 95.8 Å². The van der Waals surface area contributed by atoms with Gasteiger partial charge in [-0.3, -0.25) is 5.04 Å². The predicted molar refractivity (Wildman–Crippen MR) is 195 cm³/mol. The smallest absolute Gasteiger partial charge is 0.748 e. The molecular formula is C35H41K3N2O12S4.